The maximum absolute atomic E-state index is 12.4. The van der Waals surface area contributed by atoms with Gasteiger partial charge < -0.3 is 9.64 Å². The van der Waals surface area contributed by atoms with Gasteiger partial charge in [-0.1, -0.05) is 13.8 Å². The van der Waals surface area contributed by atoms with Crippen LogP contribution in [-0.4, -0.2) is 35.5 Å². The molecule has 3 saturated heterocycles. The van der Waals surface area contributed by atoms with E-state index in [0.717, 1.165) is 32.2 Å². The molecule has 0 aromatic heterocycles. The molecule has 2 unspecified atom stereocenters. The second kappa shape index (κ2) is 4.72. The summed E-state index contributed by atoms with van der Waals surface area (Å²) in [6, 6.07) is 0.378. The minimum absolute atomic E-state index is 0.00769. The Morgan fingerprint density at radius 1 is 1.24 bits per heavy atom. The molecule has 4 heteroatoms. The predicted octanol–water partition coefficient (Wildman–Crippen LogP) is 2.22. The van der Waals surface area contributed by atoms with E-state index in [0.29, 0.717) is 42.0 Å². The van der Waals surface area contributed by atoms with Gasteiger partial charge in [0.25, 0.3) is 0 Å². The van der Waals surface area contributed by atoms with Crippen LogP contribution in [0.1, 0.15) is 46.0 Å². The molecule has 0 aromatic carbocycles. The first-order valence-electron chi connectivity index (χ1n) is 8.63. The van der Waals surface area contributed by atoms with Crippen molar-refractivity contribution in [1.29, 1.82) is 0 Å². The zero-order valence-electron chi connectivity index (χ0n) is 13.0. The number of ether oxygens (including phenoxy) is 1. The van der Waals surface area contributed by atoms with Crippen LogP contribution in [0.2, 0.25) is 0 Å². The fourth-order valence-electron chi connectivity index (χ4n) is 5.90. The number of rotatable bonds is 1. The van der Waals surface area contributed by atoms with Crippen molar-refractivity contribution in [3.63, 3.8) is 0 Å². The van der Waals surface area contributed by atoms with E-state index in [1.807, 2.05) is 6.92 Å². The molecule has 1 amide bonds. The molecular weight excluding hydrogens is 266 g/mol. The van der Waals surface area contributed by atoms with Crippen molar-refractivity contribution < 1.29 is 14.3 Å². The molecule has 0 aromatic rings. The first-order valence-corrected chi connectivity index (χ1v) is 8.63. The highest BCUT2D eigenvalue weighted by molar-refractivity contribution is 5.78. The van der Waals surface area contributed by atoms with E-state index < -0.39 is 0 Å². The Bertz CT molecular complexity index is 477. The zero-order valence-corrected chi connectivity index (χ0v) is 13.0. The van der Waals surface area contributed by atoms with Crippen molar-refractivity contribution in [3.05, 3.63) is 0 Å². The number of esters is 1. The van der Waals surface area contributed by atoms with Crippen molar-refractivity contribution in [2.75, 3.05) is 6.54 Å². The summed E-state index contributed by atoms with van der Waals surface area (Å²) < 4.78 is 5.81. The number of amides is 1. The minimum atomic E-state index is -0.00955. The maximum atomic E-state index is 12.4. The number of hydrogen-bond acceptors (Lipinski definition) is 3. The molecule has 3 aliphatic heterocycles. The van der Waals surface area contributed by atoms with Gasteiger partial charge in [-0.15, -0.1) is 0 Å². The molecule has 0 spiro atoms. The molecule has 0 bridgehead atoms. The molecule has 4 nitrogen and oxygen atoms in total. The Morgan fingerprint density at radius 2 is 2.05 bits per heavy atom. The Hall–Kier alpha value is -1.06. The summed E-state index contributed by atoms with van der Waals surface area (Å²) in [7, 11) is 0. The topological polar surface area (TPSA) is 46.6 Å². The van der Waals surface area contributed by atoms with E-state index in [1.54, 1.807) is 0 Å². The van der Waals surface area contributed by atoms with Crippen LogP contribution in [0.15, 0.2) is 0 Å². The van der Waals surface area contributed by atoms with E-state index in [4.69, 9.17) is 4.74 Å². The van der Waals surface area contributed by atoms with Gasteiger partial charge in [-0.3, -0.25) is 9.59 Å². The van der Waals surface area contributed by atoms with Crippen LogP contribution >= 0.6 is 0 Å². The van der Waals surface area contributed by atoms with Crippen LogP contribution in [0.4, 0.5) is 0 Å². The molecule has 4 rings (SSSR count). The molecule has 7 atom stereocenters. The SMILES string of the molecule is CC[C@H]1C2OC(=O)[C@@H](C)C2[C@H]2CCN3C(=O)CCC[C@H]1[C@H]23. The highest BCUT2D eigenvalue weighted by atomic mass is 16.6. The van der Waals surface area contributed by atoms with Crippen molar-refractivity contribution in [2.45, 2.75) is 58.1 Å². The lowest BCUT2D eigenvalue weighted by Gasteiger charge is -2.47. The van der Waals surface area contributed by atoms with Gasteiger partial charge in [0.05, 0.1) is 5.92 Å². The van der Waals surface area contributed by atoms with Crippen molar-refractivity contribution in [3.8, 4) is 0 Å². The van der Waals surface area contributed by atoms with E-state index in [1.165, 1.54) is 0 Å². The van der Waals surface area contributed by atoms with Gasteiger partial charge in [0.2, 0.25) is 5.91 Å². The Morgan fingerprint density at radius 3 is 2.81 bits per heavy atom. The van der Waals surface area contributed by atoms with Crippen LogP contribution in [0, 0.1) is 29.6 Å². The zero-order chi connectivity index (χ0) is 14.7. The summed E-state index contributed by atoms with van der Waals surface area (Å²) in [5, 5.41) is 0. The standard InChI is InChI=1S/C17H25NO3/c1-3-10-11-5-4-6-13(19)18-8-7-12(15(11)18)14-9(2)17(20)21-16(10)14/h9-12,14-16H,3-8H2,1-2H3/t9-,10+,11+,12+,14?,15+,16?/m0/s1. The van der Waals surface area contributed by atoms with Gasteiger partial charge in [0.15, 0.2) is 0 Å². The van der Waals surface area contributed by atoms with Gasteiger partial charge in [-0.25, -0.2) is 0 Å². The first-order chi connectivity index (χ1) is 10.1. The third-order valence-electron chi connectivity index (χ3n) is 6.71. The third-order valence-corrected chi connectivity index (χ3v) is 6.71. The highest BCUT2D eigenvalue weighted by Gasteiger charge is 2.61. The van der Waals surface area contributed by atoms with Crippen molar-refractivity contribution >= 4 is 11.9 Å². The fourth-order valence-corrected chi connectivity index (χ4v) is 5.90. The van der Waals surface area contributed by atoms with E-state index in [9.17, 15) is 9.59 Å². The lowest BCUT2D eigenvalue weighted by molar-refractivity contribution is -0.149. The monoisotopic (exact) mass is 291 g/mol. The Kier molecular flexibility index (Phi) is 3.05. The van der Waals surface area contributed by atoms with Crippen LogP contribution in [0.5, 0.6) is 0 Å². The Balaban J connectivity index is 1.76. The average molecular weight is 291 g/mol. The molecular formula is C17H25NO3. The molecule has 1 saturated carbocycles. The quantitative estimate of drug-likeness (QED) is 0.696. The number of carbonyl (C=O) groups is 2. The largest absolute Gasteiger partial charge is 0.462 e. The molecule has 4 fully saturated rings. The second-order valence-corrected chi connectivity index (χ2v) is 7.43. The van der Waals surface area contributed by atoms with Crippen LogP contribution in [0.25, 0.3) is 0 Å². The molecule has 1 aliphatic carbocycles. The van der Waals surface area contributed by atoms with Gasteiger partial charge in [0, 0.05) is 30.8 Å². The average Bonchev–Trinajstić information content (AvgIpc) is 2.96. The van der Waals surface area contributed by atoms with Gasteiger partial charge >= 0.3 is 5.97 Å². The van der Waals surface area contributed by atoms with Crippen LogP contribution < -0.4 is 0 Å². The molecule has 4 aliphatic rings. The Labute approximate surface area is 126 Å². The van der Waals surface area contributed by atoms with Crippen molar-refractivity contribution in [2.24, 2.45) is 29.6 Å². The molecule has 3 heterocycles. The van der Waals surface area contributed by atoms with Crippen LogP contribution in [-0.2, 0) is 14.3 Å². The smallest absolute Gasteiger partial charge is 0.309 e. The summed E-state index contributed by atoms with van der Waals surface area (Å²) >= 11 is 0. The summed E-state index contributed by atoms with van der Waals surface area (Å²) in [5.74, 6) is 2.13. The summed E-state index contributed by atoms with van der Waals surface area (Å²) in [6.45, 7) is 5.14. The lowest BCUT2D eigenvalue weighted by Crippen LogP contribution is -2.54. The number of nitrogens with zero attached hydrogens (tertiary/aromatic N) is 1. The minimum Gasteiger partial charge on any atom is -0.462 e. The molecule has 116 valence electrons. The van der Waals surface area contributed by atoms with E-state index in [-0.39, 0.29) is 18.0 Å². The molecule has 21 heavy (non-hydrogen) atoms. The molecule has 0 radical (unpaired) electrons. The van der Waals surface area contributed by atoms with Crippen LogP contribution in [0.3, 0.4) is 0 Å². The van der Waals surface area contributed by atoms with E-state index >= 15 is 0 Å². The summed E-state index contributed by atoms with van der Waals surface area (Å²) in [5.41, 5.74) is 0. The normalized spacial score (nSPS) is 48.7. The number of hydrogen-bond donors (Lipinski definition) is 0. The lowest BCUT2D eigenvalue weighted by atomic mass is 9.60. The van der Waals surface area contributed by atoms with Gasteiger partial charge in [-0.05, 0) is 37.5 Å². The first kappa shape index (κ1) is 13.6. The predicted molar refractivity (Wildman–Crippen MR) is 77.3 cm³/mol. The van der Waals surface area contributed by atoms with Crippen molar-refractivity contribution in [1.82, 2.24) is 4.90 Å². The second-order valence-electron chi connectivity index (χ2n) is 7.43. The van der Waals surface area contributed by atoms with Gasteiger partial charge in [0.1, 0.15) is 6.10 Å². The maximum Gasteiger partial charge on any atom is 0.309 e. The summed E-state index contributed by atoms with van der Waals surface area (Å²) in [6.07, 6.45) is 5.05. The molecule has 0 N–H and O–H groups in total. The fraction of sp³-hybridized carbons (Fsp3) is 0.882. The van der Waals surface area contributed by atoms with Gasteiger partial charge in [-0.2, -0.15) is 0 Å². The summed E-state index contributed by atoms with van der Waals surface area (Å²) in [4.78, 5) is 26.7. The number of carbonyl (C=O) groups excluding carboxylic acids is 2. The third kappa shape index (κ3) is 1.74. The number of fused-ring (bicyclic) bond motifs is 2. The van der Waals surface area contributed by atoms with E-state index in [2.05, 4.69) is 11.8 Å². The highest BCUT2D eigenvalue weighted by Crippen LogP contribution is 2.55.